The molecule has 0 radical (unpaired) electrons. The highest BCUT2D eigenvalue weighted by atomic mass is 15.2. The van der Waals surface area contributed by atoms with Crippen LogP contribution in [-0.2, 0) is 6.42 Å². The van der Waals surface area contributed by atoms with Gasteiger partial charge in [-0.3, -0.25) is 10.8 Å². The van der Waals surface area contributed by atoms with E-state index >= 15 is 0 Å². The molecule has 0 spiro atoms. The lowest BCUT2D eigenvalue weighted by atomic mass is 9.97. The van der Waals surface area contributed by atoms with E-state index in [1.807, 2.05) is 12.3 Å². The zero-order valence-corrected chi connectivity index (χ0v) is 12.1. The molecule has 0 bridgehead atoms. The molecule has 3 nitrogen and oxygen atoms in total. The van der Waals surface area contributed by atoms with Gasteiger partial charge < -0.3 is 0 Å². The molecule has 1 heterocycles. The van der Waals surface area contributed by atoms with Crippen molar-refractivity contribution in [3.8, 4) is 0 Å². The number of nitrogens with two attached hydrogens (primary N) is 1. The van der Waals surface area contributed by atoms with Crippen molar-refractivity contribution in [2.75, 3.05) is 0 Å². The van der Waals surface area contributed by atoms with Gasteiger partial charge >= 0.3 is 0 Å². The molecule has 106 valence electrons. The topological polar surface area (TPSA) is 50.9 Å². The standard InChI is InChI=1S/C18H19N3/c1-2-13-5-7-15(8-6-13)18(21-19)16-10-9-14-4-3-11-20-17(14)12-16/h3-12,18,21H,2,19H2,1H3. The van der Waals surface area contributed by atoms with Gasteiger partial charge in [-0.15, -0.1) is 0 Å². The summed E-state index contributed by atoms with van der Waals surface area (Å²) >= 11 is 0. The van der Waals surface area contributed by atoms with E-state index in [-0.39, 0.29) is 6.04 Å². The molecule has 0 aliphatic carbocycles. The van der Waals surface area contributed by atoms with Gasteiger partial charge in [0.25, 0.3) is 0 Å². The summed E-state index contributed by atoms with van der Waals surface area (Å²) < 4.78 is 0. The van der Waals surface area contributed by atoms with Crippen LogP contribution in [0.15, 0.2) is 60.8 Å². The minimum Gasteiger partial charge on any atom is -0.271 e. The fourth-order valence-corrected chi connectivity index (χ4v) is 2.59. The zero-order chi connectivity index (χ0) is 14.7. The second-order valence-electron chi connectivity index (χ2n) is 5.15. The smallest absolute Gasteiger partial charge is 0.0710 e. The Morgan fingerprint density at radius 1 is 1.05 bits per heavy atom. The van der Waals surface area contributed by atoms with E-state index in [2.05, 4.69) is 65.9 Å². The van der Waals surface area contributed by atoms with Crippen molar-refractivity contribution in [2.24, 2.45) is 5.84 Å². The third-order valence-electron chi connectivity index (χ3n) is 3.85. The molecular weight excluding hydrogens is 258 g/mol. The minimum atomic E-state index is -0.0256. The molecule has 3 rings (SSSR count). The number of aromatic nitrogens is 1. The first-order chi connectivity index (χ1) is 10.3. The first-order valence-corrected chi connectivity index (χ1v) is 7.21. The normalized spacial score (nSPS) is 12.5. The van der Waals surface area contributed by atoms with Crippen LogP contribution in [0.3, 0.4) is 0 Å². The van der Waals surface area contributed by atoms with Gasteiger partial charge in [-0.2, -0.15) is 0 Å². The van der Waals surface area contributed by atoms with Crippen LogP contribution in [-0.4, -0.2) is 4.98 Å². The Bertz CT molecular complexity index is 735. The maximum atomic E-state index is 5.78. The fraction of sp³-hybridized carbons (Fsp3) is 0.167. The minimum absolute atomic E-state index is 0.0256. The predicted octanol–water partition coefficient (Wildman–Crippen LogP) is 3.35. The number of hydrogen-bond donors (Lipinski definition) is 2. The van der Waals surface area contributed by atoms with Crippen molar-refractivity contribution < 1.29 is 0 Å². The first kappa shape index (κ1) is 13.7. The van der Waals surface area contributed by atoms with E-state index < -0.39 is 0 Å². The number of nitrogens with one attached hydrogen (secondary N) is 1. The van der Waals surface area contributed by atoms with Gasteiger partial charge in [-0.1, -0.05) is 49.4 Å². The van der Waals surface area contributed by atoms with E-state index in [0.29, 0.717) is 0 Å². The summed E-state index contributed by atoms with van der Waals surface area (Å²) in [7, 11) is 0. The van der Waals surface area contributed by atoms with Gasteiger partial charge in [0.15, 0.2) is 0 Å². The second kappa shape index (κ2) is 6.04. The molecule has 0 aliphatic rings. The van der Waals surface area contributed by atoms with Crippen LogP contribution in [0.2, 0.25) is 0 Å². The molecule has 1 aromatic heterocycles. The van der Waals surface area contributed by atoms with Gasteiger partial charge in [0.1, 0.15) is 0 Å². The van der Waals surface area contributed by atoms with E-state index in [1.54, 1.807) is 0 Å². The van der Waals surface area contributed by atoms with Gasteiger partial charge in [0.2, 0.25) is 0 Å². The average Bonchev–Trinajstić information content (AvgIpc) is 2.56. The predicted molar refractivity (Wildman–Crippen MR) is 86.7 cm³/mol. The molecule has 3 N–H and O–H groups in total. The molecule has 0 aliphatic heterocycles. The van der Waals surface area contributed by atoms with Crippen molar-refractivity contribution in [1.82, 2.24) is 10.4 Å². The molecule has 0 amide bonds. The molecule has 2 aromatic carbocycles. The quantitative estimate of drug-likeness (QED) is 0.568. The van der Waals surface area contributed by atoms with Gasteiger partial charge in [0, 0.05) is 11.6 Å². The van der Waals surface area contributed by atoms with Crippen LogP contribution < -0.4 is 11.3 Å². The van der Waals surface area contributed by atoms with Crippen LogP contribution in [0.25, 0.3) is 10.9 Å². The number of rotatable bonds is 4. The number of nitrogens with zero attached hydrogens (tertiary/aromatic N) is 1. The Balaban J connectivity index is 2.00. The Morgan fingerprint density at radius 3 is 2.52 bits per heavy atom. The van der Waals surface area contributed by atoms with E-state index in [9.17, 15) is 0 Å². The molecular formula is C18H19N3. The largest absolute Gasteiger partial charge is 0.271 e. The summed E-state index contributed by atoms with van der Waals surface area (Å²) in [6.07, 6.45) is 2.86. The van der Waals surface area contributed by atoms with Crippen LogP contribution in [0, 0.1) is 0 Å². The van der Waals surface area contributed by atoms with Gasteiger partial charge in [-0.05, 0) is 35.2 Å². The van der Waals surface area contributed by atoms with Crippen LogP contribution in [0.4, 0.5) is 0 Å². The fourth-order valence-electron chi connectivity index (χ4n) is 2.59. The number of hydrogen-bond acceptors (Lipinski definition) is 3. The molecule has 21 heavy (non-hydrogen) atoms. The van der Waals surface area contributed by atoms with Crippen molar-refractivity contribution in [3.63, 3.8) is 0 Å². The van der Waals surface area contributed by atoms with Gasteiger partial charge in [0.05, 0.1) is 11.6 Å². The number of aryl methyl sites for hydroxylation is 1. The maximum absolute atomic E-state index is 5.78. The second-order valence-corrected chi connectivity index (χ2v) is 5.15. The maximum Gasteiger partial charge on any atom is 0.0710 e. The Morgan fingerprint density at radius 2 is 1.81 bits per heavy atom. The molecule has 1 unspecified atom stereocenters. The van der Waals surface area contributed by atoms with Crippen LogP contribution in [0.1, 0.15) is 29.7 Å². The number of fused-ring (bicyclic) bond motifs is 1. The molecule has 3 heteroatoms. The highest BCUT2D eigenvalue weighted by molar-refractivity contribution is 5.79. The SMILES string of the molecule is CCc1ccc(C(NN)c2ccc3cccnc3c2)cc1. The summed E-state index contributed by atoms with van der Waals surface area (Å²) in [6, 6.07) is 18.8. The highest BCUT2D eigenvalue weighted by Crippen LogP contribution is 2.24. The van der Waals surface area contributed by atoms with Crippen LogP contribution >= 0.6 is 0 Å². The van der Waals surface area contributed by atoms with Crippen LogP contribution in [0.5, 0.6) is 0 Å². The summed E-state index contributed by atoms with van der Waals surface area (Å²) in [5.41, 5.74) is 7.50. The van der Waals surface area contributed by atoms with Crippen molar-refractivity contribution in [2.45, 2.75) is 19.4 Å². The summed E-state index contributed by atoms with van der Waals surface area (Å²) in [6.45, 7) is 2.16. The van der Waals surface area contributed by atoms with Crippen molar-refractivity contribution in [3.05, 3.63) is 77.5 Å². The number of benzene rings is 2. The molecule has 0 saturated heterocycles. The molecule has 0 fully saturated rings. The van der Waals surface area contributed by atoms with Crippen molar-refractivity contribution >= 4 is 10.9 Å². The Labute approximate surface area is 124 Å². The lowest BCUT2D eigenvalue weighted by Crippen LogP contribution is -2.28. The van der Waals surface area contributed by atoms with E-state index in [1.165, 1.54) is 5.56 Å². The molecule has 1 atom stereocenters. The number of hydrazine groups is 1. The third-order valence-corrected chi connectivity index (χ3v) is 3.85. The summed E-state index contributed by atoms with van der Waals surface area (Å²) in [5, 5.41) is 1.14. The lowest BCUT2D eigenvalue weighted by Gasteiger charge is -2.17. The summed E-state index contributed by atoms with van der Waals surface area (Å²) in [4.78, 5) is 4.41. The Hall–Kier alpha value is -2.23. The highest BCUT2D eigenvalue weighted by Gasteiger charge is 2.12. The number of pyridine rings is 1. The molecule has 0 saturated carbocycles. The van der Waals surface area contributed by atoms with E-state index in [4.69, 9.17) is 5.84 Å². The molecule has 3 aromatic rings. The lowest BCUT2D eigenvalue weighted by molar-refractivity contribution is 0.637. The first-order valence-electron chi connectivity index (χ1n) is 7.21. The Kier molecular flexibility index (Phi) is 3.95. The summed E-state index contributed by atoms with van der Waals surface area (Å²) in [5.74, 6) is 5.78. The monoisotopic (exact) mass is 277 g/mol. The zero-order valence-electron chi connectivity index (χ0n) is 12.1. The third kappa shape index (κ3) is 2.79. The van der Waals surface area contributed by atoms with Crippen molar-refractivity contribution in [1.29, 1.82) is 0 Å². The van der Waals surface area contributed by atoms with E-state index in [0.717, 1.165) is 28.5 Å². The average molecular weight is 277 g/mol. The van der Waals surface area contributed by atoms with Gasteiger partial charge in [-0.25, -0.2) is 5.43 Å².